The normalized spacial score (nSPS) is 11.8. The summed E-state index contributed by atoms with van der Waals surface area (Å²) in [5.41, 5.74) is 0. The van der Waals surface area contributed by atoms with Gasteiger partial charge < -0.3 is 14.6 Å². The Bertz CT molecular complexity index is 659. The van der Waals surface area contributed by atoms with Crippen molar-refractivity contribution in [2.75, 3.05) is 20.8 Å². The summed E-state index contributed by atoms with van der Waals surface area (Å²) in [5, 5.41) is 9.01. The molecule has 22 heavy (non-hydrogen) atoms. The van der Waals surface area contributed by atoms with E-state index in [1.165, 1.54) is 26.4 Å². The number of halogens is 1. The number of sulfonamides is 1. The van der Waals surface area contributed by atoms with Crippen molar-refractivity contribution in [2.24, 2.45) is 0 Å². The van der Waals surface area contributed by atoms with E-state index in [1.54, 1.807) is 13.8 Å². The number of carboxylic acids is 1. The van der Waals surface area contributed by atoms with E-state index < -0.39 is 28.6 Å². The van der Waals surface area contributed by atoms with Crippen LogP contribution in [0.2, 0.25) is 5.02 Å². The van der Waals surface area contributed by atoms with E-state index >= 15 is 0 Å². The van der Waals surface area contributed by atoms with E-state index in [0.717, 1.165) is 4.31 Å². The Morgan fingerprint density at radius 2 is 1.82 bits per heavy atom. The zero-order chi connectivity index (χ0) is 17.1. The van der Waals surface area contributed by atoms with Gasteiger partial charge in [0.2, 0.25) is 10.0 Å². The van der Waals surface area contributed by atoms with E-state index in [9.17, 15) is 13.2 Å². The molecule has 1 N–H and O–H groups in total. The minimum absolute atomic E-state index is 0.0253. The third-order valence-electron chi connectivity index (χ3n) is 2.89. The quantitative estimate of drug-likeness (QED) is 0.805. The fourth-order valence-corrected chi connectivity index (χ4v) is 3.90. The lowest BCUT2D eigenvalue weighted by atomic mass is 10.3. The number of aliphatic carboxylic acids is 1. The first-order valence-corrected chi connectivity index (χ1v) is 8.12. The summed E-state index contributed by atoms with van der Waals surface area (Å²) in [6.45, 7) is 2.50. The maximum absolute atomic E-state index is 12.7. The van der Waals surface area contributed by atoms with Crippen LogP contribution in [0.5, 0.6) is 11.5 Å². The zero-order valence-electron chi connectivity index (χ0n) is 12.7. The van der Waals surface area contributed by atoms with Crippen LogP contribution in [0.25, 0.3) is 0 Å². The Balaban J connectivity index is 3.49. The van der Waals surface area contributed by atoms with Crippen LogP contribution in [-0.2, 0) is 14.8 Å². The van der Waals surface area contributed by atoms with Crippen molar-refractivity contribution in [1.82, 2.24) is 4.31 Å². The van der Waals surface area contributed by atoms with Crippen molar-refractivity contribution in [1.29, 1.82) is 0 Å². The number of carboxylic acid groups (broad SMARTS) is 1. The van der Waals surface area contributed by atoms with Crippen LogP contribution in [0.15, 0.2) is 17.0 Å². The minimum Gasteiger partial charge on any atom is -0.495 e. The molecule has 0 bridgehead atoms. The molecule has 0 saturated carbocycles. The van der Waals surface area contributed by atoms with Crippen LogP contribution >= 0.6 is 11.6 Å². The van der Waals surface area contributed by atoms with Gasteiger partial charge in [0.15, 0.2) is 0 Å². The second-order valence-corrected chi connectivity index (χ2v) is 6.94. The number of hydrogen-bond acceptors (Lipinski definition) is 5. The molecule has 9 heteroatoms. The van der Waals surface area contributed by atoms with Crippen LogP contribution in [0.1, 0.15) is 13.8 Å². The fourth-order valence-electron chi connectivity index (χ4n) is 1.84. The van der Waals surface area contributed by atoms with E-state index in [4.69, 9.17) is 26.2 Å². The molecule has 0 aliphatic rings. The summed E-state index contributed by atoms with van der Waals surface area (Å²) >= 11 is 5.97. The summed E-state index contributed by atoms with van der Waals surface area (Å²) in [5.74, 6) is -0.972. The Kier molecular flexibility index (Phi) is 6.04. The number of nitrogens with zero attached hydrogens (tertiary/aromatic N) is 1. The molecule has 0 aliphatic heterocycles. The molecule has 0 spiro atoms. The predicted molar refractivity (Wildman–Crippen MR) is 81.2 cm³/mol. The maximum atomic E-state index is 12.7. The summed E-state index contributed by atoms with van der Waals surface area (Å²) in [4.78, 5) is 10.7. The highest BCUT2D eigenvalue weighted by molar-refractivity contribution is 7.89. The lowest BCUT2D eigenvalue weighted by Gasteiger charge is -2.25. The molecule has 0 amide bonds. The fraction of sp³-hybridized carbons (Fsp3) is 0.462. The smallest absolute Gasteiger partial charge is 0.318 e. The molecule has 0 aromatic heterocycles. The summed E-state index contributed by atoms with van der Waals surface area (Å²) in [6, 6.07) is 1.98. The molecule has 0 saturated heterocycles. The molecule has 0 aliphatic carbocycles. The van der Waals surface area contributed by atoms with Gasteiger partial charge in [-0.15, -0.1) is 0 Å². The van der Waals surface area contributed by atoms with Gasteiger partial charge in [0.05, 0.1) is 19.2 Å². The molecule has 124 valence electrons. The highest BCUT2D eigenvalue weighted by Crippen LogP contribution is 2.36. The van der Waals surface area contributed by atoms with Crippen LogP contribution in [0.4, 0.5) is 0 Å². The number of carbonyl (C=O) groups is 1. The van der Waals surface area contributed by atoms with E-state index in [-0.39, 0.29) is 21.4 Å². The van der Waals surface area contributed by atoms with Gasteiger partial charge in [-0.25, -0.2) is 8.42 Å². The summed E-state index contributed by atoms with van der Waals surface area (Å²) in [6.07, 6.45) is 0. The minimum atomic E-state index is -4.10. The first-order chi connectivity index (χ1) is 10.1. The van der Waals surface area contributed by atoms with Crippen LogP contribution in [-0.4, -0.2) is 50.6 Å². The molecular weight excluding hydrogens is 334 g/mol. The van der Waals surface area contributed by atoms with Gasteiger partial charge in [-0.05, 0) is 19.9 Å². The van der Waals surface area contributed by atoms with Gasteiger partial charge in [-0.2, -0.15) is 4.31 Å². The van der Waals surface area contributed by atoms with Gasteiger partial charge in [0.1, 0.15) is 22.9 Å². The Hall–Kier alpha value is -1.51. The topological polar surface area (TPSA) is 93.1 Å². The SMILES string of the molecule is COc1cc(OC)c(S(=O)(=O)N(CC(=O)O)C(C)C)cc1Cl. The van der Waals surface area contributed by atoms with Crippen molar-refractivity contribution >= 4 is 27.6 Å². The molecule has 1 aromatic rings. The number of methoxy groups -OCH3 is 2. The lowest BCUT2D eigenvalue weighted by molar-refractivity contribution is -0.137. The van der Waals surface area contributed by atoms with E-state index in [0.29, 0.717) is 0 Å². The number of ether oxygens (including phenoxy) is 2. The third-order valence-corrected chi connectivity index (χ3v) is 5.23. The van der Waals surface area contributed by atoms with Gasteiger partial charge in [0, 0.05) is 12.1 Å². The van der Waals surface area contributed by atoms with Crippen molar-refractivity contribution in [3.05, 3.63) is 17.2 Å². The molecular formula is C13H18ClNO6S. The monoisotopic (exact) mass is 351 g/mol. The number of hydrogen-bond donors (Lipinski definition) is 1. The summed E-state index contributed by atoms with van der Waals surface area (Å²) < 4.78 is 36.4. The highest BCUT2D eigenvalue weighted by Gasteiger charge is 2.32. The molecule has 0 heterocycles. The second-order valence-electron chi connectivity index (χ2n) is 4.68. The molecule has 7 nitrogen and oxygen atoms in total. The Labute approximate surface area is 134 Å². The van der Waals surface area contributed by atoms with Gasteiger partial charge in [-0.3, -0.25) is 4.79 Å². The first kappa shape index (κ1) is 18.5. The lowest BCUT2D eigenvalue weighted by Crippen LogP contribution is -2.40. The van der Waals surface area contributed by atoms with E-state index in [2.05, 4.69) is 0 Å². The number of benzene rings is 1. The summed E-state index contributed by atoms with van der Waals surface area (Å²) in [7, 11) is -1.41. The van der Waals surface area contributed by atoms with Crippen molar-refractivity contribution in [2.45, 2.75) is 24.8 Å². The molecule has 1 aromatic carbocycles. The molecule has 1 rings (SSSR count). The van der Waals surface area contributed by atoms with Gasteiger partial charge in [0.25, 0.3) is 0 Å². The molecule has 0 radical (unpaired) electrons. The third kappa shape index (κ3) is 3.82. The maximum Gasteiger partial charge on any atom is 0.318 e. The molecule has 0 fully saturated rings. The number of rotatable bonds is 7. The first-order valence-electron chi connectivity index (χ1n) is 6.30. The van der Waals surface area contributed by atoms with Crippen LogP contribution in [0, 0.1) is 0 Å². The average Bonchev–Trinajstić information content (AvgIpc) is 2.43. The standard InChI is InChI=1S/C13H18ClNO6S/c1-8(2)15(7-13(16)17)22(18,19)12-5-9(14)10(20-3)6-11(12)21-4/h5-6,8H,7H2,1-4H3,(H,16,17). The largest absolute Gasteiger partial charge is 0.495 e. The van der Waals surface area contributed by atoms with Crippen LogP contribution < -0.4 is 9.47 Å². The molecule has 0 atom stereocenters. The van der Waals surface area contributed by atoms with Crippen molar-refractivity contribution < 1.29 is 27.8 Å². The van der Waals surface area contributed by atoms with Crippen molar-refractivity contribution in [3.8, 4) is 11.5 Å². The highest BCUT2D eigenvalue weighted by atomic mass is 35.5. The second kappa shape index (κ2) is 7.17. The molecule has 0 unspecified atom stereocenters. The van der Waals surface area contributed by atoms with Gasteiger partial charge >= 0.3 is 5.97 Å². The van der Waals surface area contributed by atoms with Gasteiger partial charge in [-0.1, -0.05) is 11.6 Å². The Morgan fingerprint density at radius 3 is 2.23 bits per heavy atom. The van der Waals surface area contributed by atoms with E-state index in [1.807, 2.05) is 0 Å². The average molecular weight is 352 g/mol. The van der Waals surface area contributed by atoms with Crippen LogP contribution in [0.3, 0.4) is 0 Å². The zero-order valence-corrected chi connectivity index (χ0v) is 14.2. The van der Waals surface area contributed by atoms with Crippen molar-refractivity contribution in [3.63, 3.8) is 0 Å². The Morgan fingerprint density at radius 1 is 1.27 bits per heavy atom. The predicted octanol–water partition coefficient (Wildman–Crippen LogP) is 1.84.